The second-order valence-corrected chi connectivity index (χ2v) is 3.40. The Labute approximate surface area is 97.1 Å². The van der Waals surface area contributed by atoms with Crippen LogP contribution in [0.3, 0.4) is 0 Å². The number of hydrogen-bond donors (Lipinski definition) is 1. The van der Waals surface area contributed by atoms with Gasteiger partial charge in [0, 0.05) is 11.5 Å². The molecule has 1 aliphatic rings. The van der Waals surface area contributed by atoms with Gasteiger partial charge in [0.25, 0.3) is 0 Å². The summed E-state index contributed by atoms with van der Waals surface area (Å²) < 4.78 is 4.75. The van der Waals surface area contributed by atoms with Crippen LogP contribution in [0, 0.1) is 0 Å². The number of hydrogen-bond acceptors (Lipinski definition) is 4. The number of rotatable bonds is 4. The third kappa shape index (κ3) is 2.88. The van der Waals surface area contributed by atoms with Crippen LogP contribution < -0.4 is 0 Å². The zero-order valence-corrected chi connectivity index (χ0v) is 9.02. The SMILES string of the molecule is C=CCOC(=O)N1CC[C@@H](N=[N+]=[N-])[C@H]1C(=O)O. The quantitative estimate of drug-likeness (QED) is 0.343. The molecular formula is C9H12N4O4. The number of carboxylic acid groups (broad SMARTS) is 1. The number of carboxylic acids is 1. The first-order chi connectivity index (χ1) is 8.11. The average molecular weight is 240 g/mol. The predicted molar refractivity (Wildman–Crippen MR) is 57.2 cm³/mol. The van der Waals surface area contributed by atoms with Crippen LogP contribution in [0.2, 0.25) is 0 Å². The van der Waals surface area contributed by atoms with E-state index < -0.39 is 24.1 Å². The fourth-order valence-electron chi connectivity index (χ4n) is 1.68. The number of nitrogens with zero attached hydrogens (tertiary/aromatic N) is 4. The maximum absolute atomic E-state index is 11.5. The van der Waals surface area contributed by atoms with E-state index in [1.54, 1.807) is 0 Å². The molecule has 0 aliphatic carbocycles. The Morgan fingerprint density at radius 1 is 1.71 bits per heavy atom. The van der Waals surface area contributed by atoms with Crippen LogP contribution in [-0.4, -0.2) is 47.3 Å². The monoisotopic (exact) mass is 240 g/mol. The molecule has 1 N–H and O–H groups in total. The number of carbonyl (C=O) groups excluding carboxylic acids is 1. The molecule has 0 aromatic heterocycles. The molecule has 1 aliphatic heterocycles. The first-order valence-electron chi connectivity index (χ1n) is 4.93. The summed E-state index contributed by atoms with van der Waals surface area (Å²) in [4.78, 5) is 26.2. The van der Waals surface area contributed by atoms with Gasteiger partial charge in [-0.25, -0.2) is 9.59 Å². The van der Waals surface area contributed by atoms with Gasteiger partial charge >= 0.3 is 12.1 Å². The molecule has 8 heteroatoms. The molecule has 1 heterocycles. The molecule has 1 fully saturated rings. The Kier molecular flexibility index (Phi) is 4.36. The van der Waals surface area contributed by atoms with Gasteiger partial charge in [0.05, 0.1) is 6.04 Å². The van der Waals surface area contributed by atoms with Crippen molar-refractivity contribution in [2.45, 2.75) is 18.5 Å². The highest BCUT2D eigenvalue weighted by molar-refractivity contribution is 5.81. The summed E-state index contributed by atoms with van der Waals surface area (Å²) in [6, 6.07) is -1.92. The largest absolute Gasteiger partial charge is 0.480 e. The van der Waals surface area contributed by atoms with E-state index in [1.807, 2.05) is 0 Å². The van der Waals surface area contributed by atoms with Crippen molar-refractivity contribution in [1.82, 2.24) is 4.90 Å². The fraction of sp³-hybridized carbons (Fsp3) is 0.556. The molecule has 92 valence electrons. The maximum atomic E-state index is 11.5. The molecule has 17 heavy (non-hydrogen) atoms. The Morgan fingerprint density at radius 3 is 2.94 bits per heavy atom. The second-order valence-electron chi connectivity index (χ2n) is 3.40. The minimum absolute atomic E-state index is 0.00779. The number of aliphatic carboxylic acids is 1. The van der Waals surface area contributed by atoms with E-state index in [4.69, 9.17) is 15.4 Å². The Hall–Kier alpha value is -2.21. The van der Waals surface area contributed by atoms with Gasteiger partial charge < -0.3 is 9.84 Å². The fourth-order valence-corrected chi connectivity index (χ4v) is 1.68. The van der Waals surface area contributed by atoms with Gasteiger partial charge in [-0.15, -0.1) is 0 Å². The molecule has 1 saturated heterocycles. The number of likely N-dealkylation sites (tertiary alicyclic amines) is 1. The summed E-state index contributed by atoms with van der Waals surface area (Å²) in [5, 5.41) is 12.4. The van der Waals surface area contributed by atoms with E-state index in [0.717, 1.165) is 4.90 Å². The Morgan fingerprint density at radius 2 is 2.41 bits per heavy atom. The summed E-state index contributed by atoms with van der Waals surface area (Å²) >= 11 is 0. The van der Waals surface area contributed by atoms with E-state index in [2.05, 4.69) is 16.6 Å². The van der Waals surface area contributed by atoms with Gasteiger partial charge in [-0.3, -0.25) is 4.90 Å². The van der Waals surface area contributed by atoms with Gasteiger partial charge in [-0.05, 0) is 12.0 Å². The molecule has 0 bridgehead atoms. The summed E-state index contributed by atoms with van der Waals surface area (Å²) in [5.41, 5.74) is 8.31. The van der Waals surface area contributed by atoms with Crippen molar-refractivity contribution in [3.8, 4) is 0 Å². The van der Waals surface area contributed by atoms with Crippen molar-refractivity contribution in [3.63, 3.8) is 0 Å². The van der Waals surface area contributed by atoms with Crippen molar-refractivity contribution < 1.29 is 19.4 Å². The highest BCUT2D eigenvalue weighted by Gasteiger charge is 2.42. The van der Waals surface area contributed by atoms with Crippen LogP contribution in [-0.2, 0) is 9.53 Å². The highest BCUT2D eigenvalue weighted by atomic mass is 16.6. The van der Waals surface area contributed by atoms with Crippen molar-refractivity contribution in [2.24, 2.45) is 5.11 Å². The van der Waals surface area contributed by atoms with Crippen molar-refractivity contribution in [2.75, 3.05) is 13.2 Å². The normalized spacial score (nSPS) is 22.7. The zero-order valence-electron chi connectivity index (χ0n) is 9.02. The summed E-state index contributed by atoms with van der Waals surface area (Å²) in [5.74, 6) is -1.21. The molecule has 0 radical (unpaired) electrons. The lowest BCUT2D eigenvalue weighted by molar-refractivity contribution is -0.142. The summed E-state index contributed by atoms with van der Waals surface area (Å²) in [7, 11) is 0. The molecule has 0 spiro atoms. The van der Waals surface area contributed by atoms with Crippen molar-refractivity contribution >= 4 is 12.1 Å². The van der Waals surface area contributed by atoms with Crippen molar-refractivity contribution in [3.05, 3.63) is 23.1 Å². The minimum Gasteiger partial charge on any atom is -0.480 e. The van der Waals surface area contributed by atoms with E-state index in [-0.39, 0.29) is 13.2 Å². The lowest BCUT2D eigenvalue weighted by Gasteiger charge is -2.21. The number of azide groups is 1. The molecule has 0 aromatic rings. The maximum Gasteiger partial charge on any atom is 0.410 e. The third-order valence-electron chi connectivity index (χ3n) is 2.38. The summed E-state index contributed by atoms with van der Waals surface area (Å²) in [6.07, 6.45) is 0.951. The van der Waals surface area contributed by atoms with E-state index >= 15 is 0 Å². The molecule has 2 atom stereocenters. The van der Waals surface area contributed by atoms with Crippen LogP contribution in [0.4, 0.5) is 4.79 Å². The first kappa shape index (κ1) is 12.9. The van der Waals surface area contributed by atoms with Gasteiger partial charge in [-0.1, -0.05) is 17.8 Å². The third-order valence-corrected chi connectivity index (χ3v) is 2.38. The van der Waals surface area contributed by atoms with Gasteiger partial charge in [0.15, 0.2) is 0 Å². The lowest BCUT2D eigenvalue weighted by atomic mass is 10.1. The van der Waals surface area contributed by atoms with Crippen LogP contribution >= 0.6 is 0 Å². The number of carbonyl (C=O) groups is 2. The van der Waals surface area contributed by atoms with Crippen LogP contribution in [0.1, 0.15) is 6.42 Å². The zero-order chi connectivity index (χ0) is 12.8. The molecule has 0 saturated carbocycles. The standard InChI is InChI=1S/C9H12N4O4/c1-2-5-17-9(16)13-4-3-6(11-12-10)7(13)8(14)15/h2,6-7H,1,3-5H2,(H,14,15)/t6-,7+/m1/s1. The predicted octanol–water partition coefficient (Wildman–Crippen LogP) is 1.15. The average Bonchev–Trinajstić information content (AvgIpc) is 2.70. The highest BCUT2D eigenvalue weighted by Crippen LogP contribution is 2.22. The number of amides is 1. The molecule has 0 unspecified atom stereocenters. The molecule has 1 amide bonds. The molecule has 0 aromatic carbocycles. The molecular weight excluding hydrogens is 228 g/mol. The van der Waals surface area contributed by atoms with Crippen molar-refractivity contribution in [1.29, 1.82) is 0 Å². The van der Waals surface area contributed by atoms with E-state index in [1.165, 1.54) is 6.08 Å². The van der Waals surface area contributed by atoms with Gasteiger partial charge in [-0.2, -0.15) is 0 Å². The minimum atomic E-state index is -1.21. The van der Waals surface area contributed by atoms with Crippen LogP contribution in [0.25, 0.3) is 10.4 Å². The summed E-state index contributed by atoms with van der Waals surface area (Å²) in [6.45, 7) is 3.58. The molecule has 8 nitrogen and oxygen atoms in total. The van der Waals surface area contributed by atoms with E-state index in [9.17, 15) is 9.59 Å². The Balaban J connectivity index is 2.78. The van der Waals surface area contributed by atoms with Crippen LogP contribution in [0.15, 0.2) is 17.8 Å². The smallest absolute Gasteiger partial charge is 0.410 e. The van der Waals surface area contributed by atoms with Crippen LogP contribution in [0.5, 0.6) is 0 Å². The second kappa shape index (κ2) is 5.76. The molecule has 1 rings (SSSR count). The van der Waals surface area contributed by atoms with Gasteiger partial charge in [0.1, 0.15) is 12.6 Å². The van der Waals surface area contributed by atoms with E-state index in [0.29, 0.717) is 6.42 Å². The number of ether oxygens (including phenoxy) is 1. The lowest BCUT2D eigenvalue weighted by Crippen LogP contribution is -2.44. The topological polar surface area (TPSA) is 116 Å². The first-order valence-corrected chi connectivity index (χ1v) is 4.93. The van der Waals surface area contributed by atoms with Gasteiger partial charge in [0.2, 0.25) is 0 Å². The Bertz CT molecular complexity index is 377.